The standard InChI is InChI=1S/C16H21NOS2/c1-3-5-13-7-9-14(10-8-13)15(17-2)12-20(18)16-6-4-11-19-16/h4,6-11,15,17H,3,5,12H2,1-2H3. The molecule has 2 atom stereocenters. The van der Waals surface area contributed by atoms with Crippen molar-refractivity contribution in [3.05, 3.63) is 52.9 Å². The van der Waals surface area contributed by atoms with Crippen LogP contribution in [0, 0.1) is 0 Å². The first-order chi connectivity index (χ1) is 9.74. The van der Waals surface area contributed by atoms with Crippen molar-refractivity contribution in [1.29, 1.82) is 0 Å². The molecule has 1 aromatic carbocycles. The van der Waals surface area contributed by atoms with Crippen molar-refractivity contribution in [1.82, 2.24) is 5.32 Å². The Bertz CT molecular complexity index is 534. The van der Waals surface area contributed by atoms with E-state index in [0.29, 0.717) is 5.75 Å². The Labute approximate surface area is 127 Å². The van der Waals surface area contributed by atoms with Crippen LogP contribution in [0.15, 0.2) is 46.0 Å². The number of thiophene rings is 1. The highest BCUT2D eigenvalue weighted by Gasteiger charge is 2.15. The maximum Gasteiger partial charge on any atom is 0.0911 e. The van der Waals surface area contributed by atoms with E-state index in [-0.39, 0.29) is 6.04 Å². The SMILES string of the molecule is CCCc1ccc(C(CS(=O)c2cccs2)NC)cc1. The summed E-state index contributed by atoms with van der Waals surface area (Å²) in [6.07, 6.45) is 2.28. The van der Waals surface area contributed by atoms with Gasteiger partial charge in [-0.25, -0.2) is 0 Å². The van der Waals surface area contributed by atoms with Gasteiger partial charge in [-0.05, 0) is 36.0 Å². The van der Waals surface area contributed by atoms with Gasteiger partial charge in [0.05, 0.1) is 15.0 Å². The second-order valence-corrected chi connectivity index (χ2v) is 7.45. The third-order valence-corrected chi connectivity index (χ3v) is 6.04. The predicted molar refractivity (Wildman–Crippen MR) is 87.8 cm³/mol. The van der Waals surface area contributed by atoms with Crippen LogP contribution in [0.3, 0.4) is 0 Å². The third kappa shape index (κ3) is 4.01. The maximum absolute atomic E-state index is 12.3. The van der Waals surface area contributed by atoms with Crippen LogP contribution in [0.4, 0.5) is 0 Å². The highest BCUT2D eigenvalue weighted by Crippen LogP contribution is 2.20. The normalized spacial score (nSPS) is 14.1. The summed E-state index contributed by atoms with van der Waals surface area (Å²) < 4.78 is 13.3. The molecule has 4 heteroatoms. The molecule has 0 spiro atoms. The Morgan fingerprint density at radius 3 is 2.55 bits per heavy atom. The van der Waals surface area contributed by atoms with E-state index in [2.05, 4.69) is 36.5 Å². The van der Waals surface area contributed by atoms with Crippen LogP contribution < -0.4 is 5.32 Å². The molecule has 0 aliphatic rings. The molecule has 1 aromatic heterocycles. The first kappa shape index (κ1) is 15.4. The number of nitrogens with one attached hydrogen (secondary N) is 1. The van der Waals surface area contributed by atoms with E-state index < -0.39 is 10.8 Å². The number of aryl methyl sites for hydroxylation is 1. The molecular weight excluding hydrogens is 286 g/mol. The van der Waals surface area contributed by atoms with Gasteiger partial charge in [0.1, 0.15) is 0 Å². The number of rotatable bonds is 7. The molecule has 0 aliphatic carbocycles. The zero-order chi connectivity index (χ0) is 14.4. The first-order valence-corrected chi connectivity index (χ1v) is 9.12. The lowest BCUT2D eigenvalue weighted by atomic mass is 10.0. The molecule has 0 bridgehead atoms. The maximum atomic E-state index is 12.3. The Balaban J connectivity index is 2.06. The van der Waals surface area contributed by atoms with Crippen LogP contribution in [-0.4, -0.2) is 17.0 Å². The quantitative estimate of drug-likeness (QED) is 0.843. The second kappa shape index (κ2) is 7.72. The van der Waals surface area contributed by atoms with E-state index in [4.69, 9.17) is 0 Å². The van der Waals surface area contributed by atoms with Crippen molar-refractivity contribution in [2.24, 2.45) is 0 Å². The molecule has 0 saturated heterocycles. The van der Waals surface area contributed by atoms with Crippen LogP contribution in [0.1, 0.15) is 30.5 Å². The van der Waals surface area contributed by atoms with Gasteiger partial charge in [-0.3, -0.25) is 4.21 Å². The van der Waals surface area contributed by atoms with Gasteiger partial charge in [-0.2, -0.15) is 0 Å². The Hall–Kier alpha value is -0.970. The summed E-state index contributed by atoms with van der Waals surface area (Å²) in [5, 5.41) is 5.25. The molecule has 0 fully saturated rings. The minimum absolute atomic E-state index is 0.133. The van der Waals surface area contributed by atoms with Crippen LogP contribution in [0.2, 0.25) is 0 Å². The summed E-state index contributed by atoms with van der Waals surface area (Å²) >= 11 is 1.56. The Kier molecular flexibility index (Phi) is 5.95. The summed E-state index contributed by atoms with van der Waals surface area (Å²) in [5.74, 6) is 0.615. The topological polar surface area (TPSA) is 29.1 Å². The fourth-order valence-electron chi connectivity index (χ4n) is 2.18. The number of benzene rings is 1. The highest BCUT2D eigenvalue weighted by atomic mass is 32.2. The molecule has 108 valence electrons. The predicted octanol–water partition coefficient (Wildman–Crippen LogP) is 3.77. The van der Waals surface area contributed by atoms with Crippen molar-refractivity contribution in [2.75, 3.05) is 12.8 Å². The molecule has 0 aliphatic heterocycles. The van der Waals surface area contributed by atoms with Crippen LogP contribution >= 0.6 is 11.3 Å². The van der Waals surface area contributed by atoms with Gasteiger partial charge in [0, 0.05) is 11.8 Å². The molecule has 0 saturated carbocycles. The molecule has 2 nitrogen and oxygen atoms in total. The van der Waals surface area contributed by atoms with E-state index in [1.807, 2.05) is 24.6 Å². The van der Waals surface area contributed by atoms with E-state index in [0.717, 1.165) is 17.1 Å². The first-order valence-electron chi connectivity index (χ1n) is 6.92. The highest BCUT2D eigenvalue weighted by molar-refractivity contribution is 7.87. The van der Waals surface area contributed by atoms with Crippen LogP contribution in [0.25, 0.3) is 0 Å². The van der Waals surface area contributed by atoms with Crippen LogP contribution in [-0.2, 0) is 17.2 Å². The van der Waals surface area contributed by atoms with Crippen molar-refractivity contribution >= 4 is 22.1 Å². The van der Waals surface area contributed by atoms with Gasteiger partial charge < -0.3 is 5.32 Å². The lowest BCUT2D eigenvalue weighted by molar-refractivity contribution is 0.636. The van der Waals surface area contributed by atoms with E-state index in [9.17, 15) is 4.21 Å². The summed E-state index contributed by atoms with van der Waals surface area (Å²) in [6.45, 7) is 2.19. The van der Waals surface area contributed by atoms with Crippen molar-refractivity contribution < 1.29 is 4.21 Å². The Morgan fingerprint density at radius 1 is 1.25 bits per heavy atom. The minimum atomic E-state index is -0.935. The van der Waals surface area contributed by atoms with Gasteiger partial charge in [0.15, 0.2) is 0 Å². The van der Waals surface area contributed by atoms with E-state index >= 15 is 0 Å². The summed E-state index contributed by atoms with van der Waals surface area (Å²) in [6, 6.07) is 12.7. The van der Waals surface area contributed by atoms with E-state index in [1.165, 1.54) is 11.1 Å². The molecule has 0 amide bonds. The number of hydrogen-bond donors (Lipinski definition) is 1. The Morgan fingerprint density at radius 2 is 2.00 bits per heavy atom. The molecule has 2 rings (SSSR count). The molecule has 0 radical (unpaired) electrons. The average molecular weight is 307 g/mol. The lowest BCUT2D eigenvalue weighted by Crippen LogP contribution is -2.22. The molecule has 1 N–H and O–H groups in total. The average Bonchev–Trinajstić information content (AvgIpc) is 3.00. The van der Waals surface area contributed by atoms with Crippen LogP contribution in [0.5, 0.6) is 0 Å². The second-order valence-electron chi connectivity index (χ2n) is 4.78. The van der Waals surface area contributed by atoms with Gasteiger partial charge in [-0.15, -0.1) is 11.3 Å². The van der Waals surface area contributed by atoms with Crippen molar-refractivity contribution in [3.63, 3.8) is 0 Å². The zero-order valence-corrected chi connectivity index (χ0v) is 13.6. The molecule has 2 unspecified atom stereocenters. The summed E-state index contributed by atoms with van der Waals surface area (Å²) in [4.78, 5) is 0. The minimum Gasteiger partial charge on any atom is -0.312 e. The molecular formula is C16H21NOS2. The smallest absolute Gasteiger partial charge is 0.0911 e. The molecule has 2 aromatic rings. The molecule has 1 heterocycles. The largest absolute Gasteiger partial charge is 0.312 e. The summed E-state index contributed by atoms with van der Waals surface area (Å²) in [7, 11) is 0.991. The van der Waals surface area contributed by atoms with Gasteiger partial charge >= 0.3 is 0 Å². The fraction of sp³-hybridized carbons (Fsp3) is 0.375. The zero-order valence-electron chi connectivity index (χ0n) is 12.0. The van der Waals surface area contributed by atoms with Gasteiger partial charge in [0.2, 0.25) is 0 Å². The summed E-state index contributed by atoms with van der Waals surface area (Å²) in [5.41, 5.74) is 2.57. The van der Waals surface area contributed by atoms with Gasteiger partial charge in [-0.1, -0.05) is 43.7 Å². The van der Waals surface area contributed by atoms with Crippen molar-refractivity contribution in [2.45, 2.75) is 30.0 Å². The lowest BCUT2D eigenvalue weighted by Gasteiger charge is -2.16. The van der Waals surface area contributed by atoms with E-state index in [1.54, 1.807) is 11.3 Å². The van der Waals surface area contributed by atoms with Crippen molar-refractivity contribution in [3.8, 4) is 0 Å². The number of hydrogen-bond acceptors (Lipinski definition) is 3. The monoisotopic (exact) mass is 307 g/mol. The third-order valence-electron chi connectivity index (χ3n) is 3.31. The molecule has 20 heavy (non-hydrogen) atoms. The fourth-order valence-corrected chi connectivity index (χ4v) is 4.48. The van der Waals surface area contributed by atoms with Gasteiger partial charge in [0.25, 0.3) is 0 Å².